The Morgan fingerprint density at radius 2 is 1.67 bits per heavy atom. The zero-order valence-electron chi connectivity index (χ0n) is 11.9. The molecule has 5 nitrogen and oxygen atoms in total. The zero-order chi connectivity index (χ0) is 15.5. The van der Waals surface area contributed by atoms with Crippen LogP contribution in [-0.2, 0) is 16.6 Å². The van der Waals surface area contributed by atoms with E-state index in [0.717, 1.165) is 5.69 Å². The van der Waals surface area contributed by atoms with E-state index in [2.05, 4.69) is 4.72 Å². The van der Waals surface area contributed by atoms with Crippen molar-refractivity contribution in [3.8, 4) is 0 Å². The van der Waals surface area contributed by atoms with Crippen molar-refractivity contribution in [2.24, 2.45) is 0 Å². The fraction of sp³-hybridized carbons (Fsp3) is 0.200. The first-order valence-electron chi connectivity index (χ1n) is 6.43. The van der Waals surface area contributed by atoms with Gasteiger partial charge < -0.3 is 10.0 Å². The molecular weight excluding hydrogens is 288 g/mol. The van der Waals surface area contributed by atoms with E-state index < -0.39 is 10.0 Å². The first kappa shape index (κ1) is 15.3. The molecule has 0 amide bonds. The Kier molecular flexibility index (Phi) is 4.50. The van der Waals surface area contributed by atoms with Crippen molar-refractivity contribution in [3.63, 3.8) is 0 Å². The average Bonchev–Trinajstić information content (AvgIpc) is 2.47. The van der Waals surface area contributed by atoms with E-state index >= 15 is 0 Å². The quantitative estimate of drug-likeness (QED) is 0.887. The van der Waals surface area contributed by atoms with Gasteiger partial charge in [-0.15, -0.1) is 0 Å². The Hall–Kier alpha value is -2.05. The van der Waals surface area contributed by atoms with E-state index in [1.54, 1.807) is 24.3 Å². The molecule has 112 valence electrons. The van der Waals surface area contributed by atoms with E-state index in [1.807, 2.05) is 31.1 Å². The molecule has 0 aliphatic rings. The van der Waals surface area contributed by atoms with Gasteiger partial charge in [-0.1, -0.05) is 24.3 Å². The maximum absolute atomic E-state index is 12.4. The molecule has 2 rings (SSSR count). The minimum Gasteiger partial charge on any atom is -0.392 e. The summed E-state index contributed by atoms with van der Waals surface area (Å²) >= 11 is 0. The Balaban J connectivity index is 2.33. The number of benzene rings is 2. The Labute approximate surface area is 124 Å². The van der Waals surface area contributed by atoms with Gasteiger partial charge in [-0.05, 0) is 29.8 Å². The number of hydrogen-bond donors (Lipinski definition) is 2. The van der Waals surface area contributed by atoms with Crippen LogP contribution in [0.1, 0.15) is 5.56 Å². The number of nitrogens with zero attached hydrogens (tertiary/aromatic N) is 1. The van der Waals surface area contributed by atoms with Crippen molar-refractivity contribution in [2.45, 2.75) is 11.5 Å². The van der Waals surface area contributed by atoms with E-state index in [1.165, 1.54) is 12.1 Å². The van der Waals surface area contributed by atoms with Gasteiger partial charge in [0.05, 0.1) is 22.9 Å². The summed E-state index contributed by atoms with van der Waals surface area (Å²) in [5.74, 6) is 0. The second-order valence-electron chi connectivity index (χ2n) is 4.82. The molecule has 0 spiro atoms. The highest BCUT2D eigenvalue weighted by Gasteiger charge is 2.16. The summed E-state index contributed by atoms with van der Waals surface area (Å²) in [6, 6.07) is 13.3. The summed E-state index contributed by atoms with van der Waals surface area (Å²) in [4.78, 5) is 2.00. The second-order valence-corrected chi connectivity index (χ2v) is 6.50. The van der Waals surface area contributed by atoms with Gasteiger partial charge in [0.2, 0.25) is 0 Å². The van der Waals surface area contributed by atoms with Crippen molar-refractivity contribution in [2.75, 3.05) is 23.7 Å². The topological polar surface area (TPSA) is 69.6 Å². The average molecular weight is 306 g/mol. The molecule has 0 radical (unpaired) electrons. The van der Waals surface area contributed by atoms with Crippen molar-refractivity contribution in [3.05, 3.63) is 54.1 Å². The first-order chi connectivity index (χ1) is 9.94. The van der Waals surface area contributed by atoms with Crippen LogP contribution in [0, 0.1) is 0 Å². The van der Waals surface area contributed by atoms with Gasteiger partial charge in [0.1, 0.15) is 0 Å². The summed E-state index contributed by atoms with van der Waals surface area (Å²) in [6.45, 7) is -0.114. The lowest BCUT2D eigenvalue weighted by Crippen LogP contribution is -2.17. The van der Waals surface area contributed by atoms with E-state index in [0.29, 0.717) is 11.3 Å². The number of aliphatic hydroxyl groups is 1. The van der Waals surface area contributed by atoms with Gasteiger partial charge in [0, 0.05) is 14.1 Å². The van der Waals surface area contributed by atoms with Crippen molar-refractivity contribution >= 4 is 21.4 Å². The molecule has 0 fully saturated rings. The third-order valence-electron chi connectivity index (χ3n) is 3.05. The van der Waals surface area contributed by atoms with Crippen LogP contribution in [-0.4, -0.2) is 27.6 Å². The molecule has 0 aliphatic carbocycles. The van der Waals surface area contributed by atoms with Gasteiger partial charge in [-0.2, -0.15) is 0 Å². The molecule has 0 bridgehead atoms. The molecule has 6 heteroatoms. The number of para-hydroxylation sites is 2. The third kappa shape index (κ3) is 3.53. The molecule has 0 aromatic heterocycles. The molecule has 0 unspecified atom stereocenters. The highest BCUT2D eigenvalue weighted by Crippen LogP contribution is 2.26. The van der Waals surface area contributed by atoms with Crippen molar-refractivity contribution < 1.29 is 13.5 Å². The normalized spacial score (nSPS) is 11.2. The molecule has 2 aromatic carbocycles. The SMILES string of the molecule is CN(C)c1ccccc1NS(=O)(=O)c1ccc(CO)cc1. The number of sulfonamides is 1. The first-order valence-corrected chi connectivity index (χ1v) is 7.91. The van der Waals surface area contributed by atoms with Crippen LogP contribution < -0.4 is 9.62 Å². The van der Waals surface area contributed by atoms with Crippen LogP contribution in [0.2, 0.25) is 0 Å². The lowest BCUT2D eigenvalue weighted by molar-refractivity contribution is 0.282. The predicted octanol–water partition coefficient (Wildman–Crippen LogP) is 2.05. The molecule has 2 N–H and O–H groups in total. The van der Waals surface area contributed by atoms with Gasteiger partial charge in [0.25, 0.3) is 10.0 Å². The molecule has 0 aliphatic heterocycles. The molecule has 0 atom stereocenters. The van der Waals surface area contributed by atoms with Crippen LogP contribution in [0.25, 0.3) is 0 Å². The Bertz CT molecular complexity index is 710. The smallest absolute Gasteiger partial charge is 0.261 e. The molecule has 2 aromatic rings. The number of anilines is 2. The Morgan fingerprint density at radius 3 is 2.24 bits per heavy atom. The minimum absolute atomic E-state index is 0.114. The van der Waals surface area contributed by atoms with Crippen LogP contribution in [0.15, 0.2) is 53.4 Å². The lowest BCUT2D eigenvalue weighted by atomic mass is 10.2. The summed E-state index contributed by atoms with van der Waals surface area (Å²) in [5.41, 5.74) is 1.98. The fourth-order valence-corrected chi connectivity index (χ4v) is 3.00. The summed E-state index contributed by atoms with van der Waals surface area (Å²) in [7, 11) is 0.0481. The minimum atomic E-state index is -3.65. The van der Waals surface area contributed by atoms with Crippen LogP contribution in [0.5, 0.6) is 0 Å². The molecule has 21 heavy (non-hydrogen) atoms. The van der Waals surface area contributed by atoms with Gasteiger partial charge in [-0.3, -0.25) is 4.72 Å². The summed E-state index contributed by atoms with van der Waals surface area (Å²) in [5, 5.41) is 8.99. The molecule has 0 saturated heterocycles. The number of rotatable bonds is 5. The maximum atomic E-state index is 12.4. The highest BCUT2D eigenvalue weighted by atomic mass is 32.2. The monoisotopic (exact) mass is 306 g/mol. The number of nitrogens with one attached hydrogen (secondary N) is 1. The van der Waals surface area contributed by atoms with Crippen molar-refractivity contribution in [1.29, 1.82) is 0 Å². The summed E-state index contributed by atoms with van der Waals surface area (Å²) in [6.07, 6.45) is 0. The standard InChI is InChI=1S/C15H18N2O3S/c1-17(2)15-6-4-3-5-14(15)16-21(19,20)13-9-7-12(11-18)8-10-13/h3-10,16,18H,11H2,1-2H3. The Morgan fingerprint density at radius 1 is 1.05 bits per heavy atom. The molecular formula is C15H18N2O3S. The number of aliphatic hydroxyl groups excluding tert-OH is 1. The largest absolute Gasteiger partial charge is 0.392 e. The molecule has 0 heterocycles. The van der Waals surface area contributed by atoms with E-state index in [9.17, 15) is 8.42 Å². The fourth-order valence-electron chi connectivity index (χ4n) is 1.93. The predicted molar refractivity (Wildman–Crippen MR) is 83.9 cm³/mol. The zero-order valence-corrected chi connectivity index (χ0v) is 12.8. The van der Waals surface area contributed by atoms with Crippen molar-refractivity contribution in [1.82, 2.24) is 0 Å². The maximum Gasteiger partial charge on any atom is 0.261 e. The third-order valence-corrected chi connectivity index (χ3v) is 4.43. The number of hydrogen-bond acceptors (Lipinski definition) is 4. The van der Waals surface area contributed by atoms with Gasteiger partial charge >= 0.3 is 0 Å². The lowest BCUT2D eigenvalue weighted by Gasteiger charge is -2.18. The van der Waals surface area contributed by atoms with Crippen LogP contribution in [0.4, 0.5) is 11.4 Å². The van der Waals surface area contributed by atoms with E-state index in [-0.39, 0.29) is 11.5 Å². The van der Waals surface area contributed by atoms with E-state index in [4.69, 9.17) is 5.11 Å². The van der Waals surface area contributed by atoms with Crippen LogP contribution in [0.3, 0.4) is 0 Å². The highest BCUT2D eigenvalue weighted by molar-refractivity contribution is 7.92. The van der Waals surface area contributed by atoms with Gasteiger partial charge in [0.15, 0.2) is 0 Å². The summed E-state index contributed by atoms with van der Waals surface area (Å²) < 4.78 is 27.4. The second kappa shape index (κ2) is 6.15. The van der Waals surface area contributed by atoms with Gasteiger partial charge in [-0.25, -0.2) is 8.42 Å². The molecule has 0 saturated carbocycles. The van der Waals surface area contributed by atoms with Crippen LogP contribution >= 0.6 is 0 Å².